The number of amides is 1. The second-order valence-corrected chi connectivity index (χ2v) is 6.58. The molecule has 2 aromatic heterocycles. The lowest BCUT2D eigenvalue weighted by atomic mass is 10.3. The van der Waals surface area contributed by atoms with E-state index in [0.717, 1.165) is 14.0 Å². The Morgan fingerprint density at radius 2 is 2.18 bits per heavy atom. The SMILES string of the molecule is Cc1cccc(NC(=O)c2cc(Br)c(Br)s2)n1. The second-order valence-electron chi connectivity index (χ2n) is 3.35. The van der Waals surface area contributed by atoms with E-state index >= 15 is 0 Å². The molecule has 3 nitrogen and oxygen atoms in total. The van der Waals surface area contributed by atoms with Gasteiger partial charge in [-0.1, -0.05) is 6.07 Å². The van der Waals surface area contributed by atoms with Gasteiger partial charge in [-0.2, -0.15) is 0 Å². The molecule has 0 aliphatic rings. The summed E-state index contributed by atoms with van der Waals surface area (Å²) in [5.74, 6) is 0.412. The van der Waals surface area contributed by atoms with Crippen LogP contribution in [0.25, 0.3) is 0 Å². The van der Waals surface area contributed by atoms with Crippen LogP contribution < -0.4 is 5.32 Å². The molecule has 0 fully saturated rings. The summed E-state index contributed by atoms with van der Waals surface area (Å²) >= 11 is 8.08. The molecule has 2 rings (SSSR count). The van der Waals surface area contributed by atoms with Crippen LogP contribution in [0.3, 0.4) is 0 Å². The molecule has 1 N–H and O–H groups in total. The third-order valence-corrected chi connectivity index (χ3v) is 5.25. The van der Waals surface area contributed by atoms with Crippen LogP contribution in [0.4, 0.5) is 5.82 Å². The monoisotopic (exact) mass is 374 g/mol. The number of hydrogen-bond acceptors (Lipinski definition) is 3. The van der Waals surface area contributed by atoms with Gasteiger partial charge in [0.1, 0.15) is 5.82 Å². The van der Waals surface area contributed by atoms with Gasteiger partial charge in [0.25, 0.3) is 5.91 Å². The first-order chi connectivity index (χ1) is 8.06. The van der Waals surface area contributed by atoms with Gasteiger partial charge in [-0.15, -0.1) is 11.3 Å². The van der Waals surface area contributed by atoms with Gasteiger partial charge in [0.15, 0.2) is 0 Å². The fraction of sp³-hybridized carbons (Fsp3) is 0.0909. The summed E-state index contributed by atoms with van der Waals surface area (Å²) in [4.78, 5) is 16.8. The highest BCUT2D eigenvalue weighted by molar-refractivity contribution is 9.13. The lowest BCUT2D eigenvalue weighted by molar-refractivity contribution is 0.103. The van der Waals surface area contributed by atoms with E-state index in [1.807, 2.05) is 19.1 Å². The molecule has 0 bridgehead atoms. The Kier molecular flexibility index (Phi) is 3.96. The number of nitrogens with zero attached hydrogens (tertiary/aromatic N) is 1. The number of anilines is 1. The molecule has 0 spiro atoms. The number of carbonyl (C=O) groups excluding carboxylic acids is 1. The van der Waals surface area contributed by atoms with Gasteiger partial charge in [0, 0.05) is 10.2 Å². The van der Waals surface area contributed by atoms with E-state index in [2.05, 4.69) is 42.2 Å². The summed E-state index contributed by atoms with van der Waals surface area (Å²) in [5.41, 5.74) is 0.872. The van der Waals surface area contributed by atoms with Crippen LogP contribution in [-0.4, -0.2) is 10.9 Å². The van der Waals surface area contributed by atoms with Crippen LogP contribution in [0.15, 0.2) is 32.5 Å². The van der Waals surface area contributed by atoms with E-state index in [1.54, 1.807) is 12.1 Å². The van der Waals surface area contributed by atoms with Crippen LogP contribution >= 0.6 is 43.2 Å². The number of halogens is 2. The summed E-state index contributed by atoms with van der Waals surface area (Å²) in [5, 5.41) is 2.76. The van der Waals surface area contributed by atoms with E-state index in [1.165, 1.54) is 11.3 Å². The normalized spacial score (nSPS) is 10.3. The van der Waals surface area contributed by atoms with Crippen molar-refractivity contribution in [2.75, 3.05) is 5.32 Å². The molecule has 0 saturated carbocycles. The minimum atomic E-state index is -0.153. The molecule has 0 radical (unpaired) electrons. The zero-order valence-corrected chi connectivity index (χ0v) is 12.8. The van der Waals surface area contributed by atoms with Crippen LogP contribution in [0.2, 0.25) is 0 Å². The zero-order valence-electron chi connectivity index (χ0n) is 8.83. The molecule has 0 aliphatic carbocycles. The molecular weight excluding hydrogens is 368 g/mol. The summed E-state index contributed by atoms with van der Waals surface area (Å²) in [6, 6.07) is 7.29. The quantitative estimate of drug-likeness (QED) is 0.853. The first kappa shape index (κ1) is 12.7. The topological polar surface area (TPSA) is 42.0 Å². The molecular formula is C11H8Br2N2OS. The van der Waals surface area contributed by atoms with Gasteiger partial charge in [0.2, 0.25) is 0 Å². The minimum absolute atomic E-state index is 0.153. The highest BCUT2D eigenvalue weighted by Crippen LogP contribution is 2.32. The Hall–Kier alpha value is -0.720. The van der Waals surface area contributed by atoms with E-state index in [-0.39, 0.29) is 5.91 Å². The van der Waals surface area contributed by atoms with Gasteiger partial charge in [-0.25, -0.2) is 4.98 Å². The Balaban J connectivity index is 2.17. The fourth-order valence-corrected chi connectivity index (χ4v) is 3.18. The van der Waals surface area contributed by atoms with Gasteiger partial charge >= 0.3 is 0 Å². The first-order valence-corrected chi connectivity index (χ1v) is 7.16. The summed E-state index contributed by atoms with van der Waals surface area (Å²) < 4.78 is 1.78. The molecule has 0 aromatic carbocycles. The minimum Gasteiger partial charge on any atom is -0.306 e. The average Bonchev–Trinajstić information content (AvgIpc) is 2.59. The number of nitrogens with one attached hydrogen (secondary N) is 1. The van der Waals surface area contributed by atoms with Gasteiger partial charge in [-0.05, 0) is 57.0 Å². The summed E-state index contributed by atoms with van der Waals surface area (Å²) in [6.07, 6.45) is 0. The van der Waals surface area contributed by atoms with Gasteiger partial charge in [-0.3, -0.25) is 4.79 Å². The predicted molar refractivity (Wildman–Crippen MR) is 76.6 cm³/mol. The summed E-state index contributed by atoms with van der Waals surface area (Å²) in [6.45, 7) is 1.88. The Morgan fingerprint density at radius 1 is 1.41 bits per heavy atom. The fourth-order valence-electron chi connectivity index (χ4n) is 1.25. The second kappa shape index (κ2) is 5.29. The molecule has 6 heteroatoms. The van der Waals surface area contributed by atoms with Crippen LogP contribution in [-0.2, 0) is 0 Å². The lowest BCUT2D eigenvalue weighted by Gasteiger charge is -2.02. The molecule has 0 saturated heterocycles. The Bertz CT molecular complexity index is 549. The number of rotatable bonds is 2. The van der Waals surface area contributed by atoms with Crippen molar-refractivity contribution in [2.24, 2.45) is 0 Å². The Labute approximate surface area is 120 Å². The molecule has 0 atom stereocenters. The maximum Gasteiger partial charge on any atom is 0.266 e. The van der Waals surface area contributed by atoms with E-state index in [4.69, 9.17) is 0 Å². The van der Waals surface area contributed by atoms with Crippen molar-refractivity contribution in [2.45, 2.75) is 6.92 Å². The molecule has 2 aromatic rings. The van der Waals surface area contributed by atoms with E-state index in [9.17, 15) is 4.79 Å². The van der Waals surface area contributed by atoms with Crippen molar-refractivity contribution < 1.29 is 4.79 Å². The number of aryl methyl sites for hydroxylation is 1. The first-order valence-electron chi connectivity index (χ1n) is 4.76. The maximum atomic E-state index is 11.9. The van der Waals surface area contributed by atoms with Crippen LogP contribution in [0, 0.1) is 6.92 Å². The molecule has 88 valence electrons. The molecule has 2 heterocycles. The Morgan fingerprint density at radius 3 is 2.76 bits per heavy atom. The van der Waals surface area contributed by atoms with Gasteiger partial charge < -0.3 is 5.32 Å². The maximum absolute atomic E-state index is 11.9. The van der Waals surface area contributed by atoms with Crippen molar-refractivity contribution in [3.63, 3.8) is 0 Å². The van der Waals surface area contributed by atoms with Crippen molar-refractivity contribution in [3.05, 3.63) is 43.1 Å². The van der Waals surface area contributed by atoms with Crippen molar-refractivity contribution >= 4 is 54.9 Å². The number of pyridine rings is 1. The van der Waals surface area contributed by atoms with E-state index < -0.39 is 0 Å². The highest BCUT2D eigenvalue weighted by Gasteiger charge is 2.12. The third-order valence-electron chi connectivity index (χ3n) is 2.00. The van der Waals surface area contributed by atoms with Crippen LogP contribution in [0.1, 0.15) is 15.4 Å². The number of thiophene rings is 1. The smallest absolute Gasteiger partial charge is 0.266 e. The molecule has 0 unspecified atom stereocenters. The van der Waals surface area contributed by atoms with Crippen molar-refractivity contribution in [3.8, 4) is 0 Å². The van der Waals surface area contributed by atoms with Crippen molar-refractivity contribution in [1.82, 2.24) is 4.98 Å². The predicted octanol–water partition coefficient (Wildman–Crippen LogP) is 4.23. The zero-order chi connectivity index (χ0) is 12.4. The molecule has 17 heavy (non-hydrogen) atoms. The number of carbonyl (C=O) groups is 1. The number of aromatic nitrogens is 1. The third kappa shape index (κ3) is 3.14. The average molecular weight is 376 g/mol. The van der Waals surface area contributed by atoms with Crippen molar-refractivity contribution in [1.29, 1.82) is 0 Å². The number of hydrogen-bond donors (Lipinski definition) is 1. The largest absolute Gasteiger partial charge is 0.306 e. The molecule has 0 aliphatic heterocycles. The summed E-state index contributed by atoms with van der Waals surface area (Å²) in [7, 11) is 0. The lowest BCUT2D eigenvalue weighted by Crippen LogP contribution is -2.11. The standard InChI is InChI=1S/C11H8Br2N2OS/c1-6-3-2-4-9(14-6)15-11(16)8-5-7(12)10(13)17-8/h2-5H,1H3,(H,14,15,16). The van der Waals surface area contributed by atoms with Crippen LogP contribution in [0.5, 0.6) is 0 Å². The molecule has 1 amide bonds. The van der Waals surface area contributed by atoms with E-state index in [0.29, 0.717) is 10.7 Å². The van der Waals surface area contributed by atoms with Gasteiger partial charge in [0.05, 0.1) is 8.66 Å². The highest BCUT2D eigenvalue weighted by atomic mass is 79.9.